The quantitative estimate of drug-likeness (QED) is 0.0390. The number of allylic oxidation sites excluding steroid dienone is 10. The van der Waals surface area contributed by atoms with Gasteiger partial charge in [-0.3, -0.25) is 9.35 Å². The summed E-state index contributed by atoms with van der Waals surface area (Å²) in [6.07, 6.45) is 46.2. The fraction of sp³-hybridized carbons (Fsp3) is 0.667. The second-order valence-electron chi connectivity index (χ2n) is 12.1. The molecule has 1 amide bonds. The number of nitrogens with one attached hydrogen (secondary N) is 1. The van der Waals surface area contributed by atoms with E-state index in [0.29, 0.717) is 6.42 Å². The molecule has 0 heterocycles. The lowest BCUT2D eigenvalue weighted by Crippen LogP contribution is -2.46. The van der Waals surface area contributed by atoms with Gasteiger partial charge in [0.15, 0.2) is 0 Å². The number of hydrogen-bond acceptors (Lipinski definition) is 4. The molecule has 0 rings (SSSR count). The predicted octanol–water partition coefficient (Wildman–Crippen LogP) is 10.3. The van der Waals surface area contributed by atoms with E-state index in [-0.39, 0.29) is 6.42 Å². The molecule has 0 aliphatic rings. The first-order valence-electron chi connectivity index (χ1n) is 18.1. The van der Waals surface area contributed by atoms with Crippen LogP contribution in [0.1, 0.15) is 149 Å². The van der Waals surface area contributed by atoms with Crippen LogP contribution in [0.4, 0.5) is 0 Å². The van der Waals surface area contributed by atoms with E-state index in [9.17, 15) is 22.9 Å². The van der Waals surface area contributed by atoms with Crippen molar-refractivity contribution in [3.8, 4) is 0 Å². The Balaban J connectivity index is 4.16. The van der Waals surface area contributed by atoms with Gasteiger partial charge in [-0.15, -0.1) is 0 Å². The molecular formula is C39H67NO5S. The van der Waals surface area contributed by atoms with E-state index in [1.165, 1.54) is 83.1 Å². The molecule has 2 unspecified atom stereocenters. The topological polar surface area (TPSA) is 104 Å². The van der Waals surface area contributed by atoms with Gasteiger partial charge < -0.3 is 10.4 Å². The molecule has 0 fully saturated rings. The summed E-state index contributed by atoms with van der Waals surface area (Å²) in [7, 11) is -4.37. The van der Waals surface area contributed by atoms with Crippen LogP contribution in [0.25, 0.3) is 0 Å². The standard InChI is InChI=1S/C39H67NO5S/c1-3-5-7-9-11-13-15-17-19-21-22-24-26-28-30-32-34-38(41)37(36-46(43,44)45)40-39(42)35-33-31-29-27-25-23-20-18-16-14-12-10-8-6-4-2/h6,8,12,14,18,20,25,27,31-34,37-38,41H,3-5,7,9-11,13,15-17,19,21-24,26,28-30,35-36H2,1-2H3,(H,40,42)(H,43,44,45)/b8-6-,14-12-,20-18-,27-25-,33-31-,34-32+. The Labute approximate surface area is 283 Å². The van der Waals surface area contributed by atoms with Crippen LogP contribution in [0, 0.1) is 0 Å². The summed E-state index contributed by atoms with van der Waals surface area (Å²) in [5.41, 5.74) is 0. The lowest BCUT2D eigenvalue weighted by molar-refractivity contribution is -0.121. The summed E-state index contributed by atoms with van der Waals surface area (Å²) in [4.78, 5) is 12.4. The number of carbonyl (C=O) groups excluding carboxylic acids is 1. The summed E-state index contributed by atoms with van der Waals surface area (Å²) in [5.74, 6) is -1.15. The summed E-state index contributed by atoms with van der Waals surface area (Å²) in [6.45, 7) is 4.38. The van der Waals surface area contributed by atoms with Gasteiger partial charge in [0, 0.05) is 6.42 Å². The van der Waals surface area contributed by atoms with Crippen molar-refractivity contribution in [3.05, 3.63) is 72.9 Å². The summed E-state index contributed by atoms with van der Waals surface area (Å²) >= 11 is 0. The van der Waals surface area contributed by atoms with Crippen molar-refractivity contribution in [1.29, 1.82) is 0 Å². The third-order valence-electron chi connectivity index (χ3n) is 7.67. The summed E-state index contributed by atoms with van der Waals surface area (Å²) in [5, 5.41) is 13.1. The molecule has 0 bridgehead atoms. The lowest BCUT2D eigenvalue weighted by Gasteiger charge is -2.20. The smallest absolute Gasteiger partial charge is 0.267 e. The minimum absolute atomic E-state index is 0.0605. The van der Waals surface area contributed by atoms with E-state index in [4.69, 9.17) is 0 Å². The number of carbonyl (C=O) groups is 1. The Morgan fingerprint density at radius 3 is 1.46 bits per heavy atom. The molecule has 46 heavy (non-hydrogen) atoms. The Hall–Kier alpha value is -2.22. The highest BCUT2D eigenvalue weighted by atomic mass is 32.2. The molecule has 0 radical (unpaired) electrons. The van der Waals surface area contributed by atoms with Crippen LogP contribution in [0.15, 0.2) is 72.9 Å². The molecular weight excluding hydrogens is 594 g/mol. The molecule has 2 atom stereocenters. The van der Waals surface area contributed by atoms with Crippen LogP contribution in [-0.4, -0.2) is 41.9 Å². The first-order valence-corrected chi connectivity index (χ1v) is 19.7. The van der Waals surface area contributed by atoms with Crippen molar-refractivity contribution < 1.29 is 22.9 Å². The van der Waals surface area contributed by atoms with Gasteiger partial charge in [0.2, 0.25) is 5.91 Å². The van der Waals surface area contributed by atoms with Crippen molar-refractivity contribution in [2.24, 2.45) is 0 Å². The molecule has 0 spiro atoms. The zero-order valence-corrected chi connectivity index (χ0v) is 30.0. The molecule has 6 nitrogen and oxygen atoms in total. The van der Waals surface area contributed by atoms with Gasteiger partial charge in [0.25, 0.3) is 10.1 Å². The largest absolute Gasteiger partial charge is 0.387 e. The number of amides is 1. The number of hydrogen-bond donors (Lipinski definition) is 3. The molecule has 0 aromatic rings. The van der Waals surface area contributed by atoms with E-state index < -0.39 is 33.9 Å². The Kier molecular flexibility index (Phi) is 31.1. The van der Waals surface area contributed by atoms with Crippen LogP contribution in [0.3, 0.4) is 0 Å². The summed E-state index contributed by atoms with van der Waals surface area (Å²) in [6, 6.07) is -1.11. The van der Waals surface area contributed by atoms with Crippen molar-refractivity contribution in [3.63, 3.8) is 0 Å². The summed E-state index contributed by atoms with van der Waals surface area (Å²) < 4.78 is 32.3. The van der Waals surface area contributed by atoms with Gasteiger partial charge in [-0.25, -0.2) is 0 Å². The minimum Gasteiger partial charge on any atom is -0.387 e. The number of aliphatic hydroxyl groups is 1. The van der Waals surface area contributed by atoms with Gasteiger partial charge in [-0.1, -0.05) is 170 Å². The second kappa shape index (κ2) is 32.7. The highest BCUT2D eigenvalue weighted by Crippen LogP contribution is 2.13. The maximum Gasteiger partial charge on any atom is 0.267 e. The van der Waals surface area contributed by atoms with E-state index in [1.54, 1.807) is 6.08 Å². The van der Waals surface area contributed by atoms with E-state index in [0.717, 1.165) is 44.9 Å². The molecule has 0 saturated heterocycles. The number of rotatable bonds is 31. The highest BCUT2D eigenvalue weighted by molar-refractivity contribution is 7.85. The molecule has 0 aromatic carbocycles. The van der Waals surface area contributed by atoms with Gasteiger partial charge in [0.1, 0.15) is 0 Å². The Morgan fingerprint density at radius 1 is 0.609 bits per heavy atom. The maximum absolute atomic E-state index is 12.4. The molecule has 264 valence electrons. The second-order valence-corrected chi connectivity index (χ2v) is 13.6. The predicted molar refractivity (Wildman–Crippen MR) is 197 cm³/mol. The molecule has 0 aliphatic heterocycles. The average molecular weight is 662 g/mol. The Bertz CT molecular complexity index is 994. The first kappa shape index (κ1) is 43.8. The molecule has 0 saturated carbocycles. The zero-order valence-electron chi connectivity index (χ0n) is 29.2. The normalized spacial score (nSPS) is 14.3. The van der Waals surface area contributed by atoms with Crippen molar-refractivity contribution >= 4 is 16.0 Å². The molecule has 3 N–H and O–H groups in total. The third-order valence-corrected chi connectivity index (χ3v) is 8.45. The number of unbranched alkanes of at least 4 members (excludes halogenated alkanes) is 14. The van der Waals surface area contributed by atoms with Crippen LogP contribution >= 0.6 is 0 Å². The minimum atomic E-state index is -4.37. The van der Waals surface area contributed by atoms with Gasteiger partial charge in [0.05, 0.1) is 17.9 Å². The van der Waals surface area contributed by atoms with E-state index in [2.05, 4.69) is 61.7 Å². The average Bonchev–Trinajstić information content (AvgIpc) is 3.01. The van der Waals surface area contributed by atoms with E-state index in [1.807, 2.05) is 18.2 Å². The fourth-order valence-electron chi connectivity index (χ4n) is 4.99. The highest BCUT2D eigenvalue weighted by Gasteiger charge is 2.24. The monoisotopic (exact) mass is 661 g/mol. The van der Waals surface area contributed by atoms with Crippen LogP contribution in [0.5, 0.6) is 0 Å². The first-order chi connectivity index (χ1) is 22.3. The van der Waals surface area contributed by atoms with Crippen LogP contribution < -0.4 is 5.32 Å². The zero-order chi connectivity index (χ0) is 34.0. The van der Waals surface area contributed by atoms with Crippen molar-refractivity contribution in [2.75, 3.05) is 5.75 Å². The third kappa shape index (κ3) is 33.2. The molecule has 0 aromatic heterocycles. The van der Waals surface area contributed by atoms with Gasteiger partial charge >= 0.3 is 0 Å². The van der Waals surface area contributed by atoms with Crippen LogP contribution in [0.2, 0.25) is 0 Å². The fourth-order valence-corrected chi connectivity index (χ4v) is 5.72. The van der Waals surface area contributed by atoms with Crippen LogP contribution in [-0.2, 0) is 14.9 Å². The molecule has 7 heteroatoms. The molecule has 0 aliphatic carbocycles. The van der Waals surface area contributed by atoms with Crippen molar-refractivity contribution in [1.82, 2.24) is 5.32 Å². The van der Waals surface area contributed by atoms with Gasteiger partial charge in [-0.2, -0.15) is 8.42 Å². The van der Waals surface area contributed by atoms with Gasteiger partial charge in [-0.05, 0) is 44.9 Å². The lowest BCUT2D eigenvalue weighted by atomic mass is 10.0. The van der Waals surface area contributed by atoms with Crippen molar-refractivity contribution in [2.45, 2.75) is 161 Å². The Morgan fingerprint density at radius 2 is 1.02 bits per heavy atom. The van der Waals surface area contributed by atoms with E-state index >= 15 is 0 Å². The number of aliphatic hydroxyl groups excluding tert-OH is 1. The maximum atomic E-state index is 12.4. The SMILES string of the molecule is CC/C=C\C/C=C\C/C=C\C/C=C\C/C=C\CC(=O)NC(CS(=O)(=O)O)C(O)/C=C/CCCCCCCCCCCCCCCC.